The fourth-order valence-corrected chi connectivity index (χ4v) is 2.08. The second-order valence-corrected chi connectivity index (χ2v) is 5.09. The van der Waals surface area contributed by atoms with E-state index in [1.807, 2.05) is 6.92 Å². The molecule has 1 unspecified atom stereocenters. The van der Waals surface area contributed by atoms with Crippen LogP contribution in [0.1, 0.15) is 45.4 Å². The van der Waals surface area contributed by atoms with Crippen LogP contribution in [0.25, 0.3) is 0 Å². The Bertz CT molecular complexity index is 277. The van der Waals surface area contributed by atoms with Crippen molar-refractivity contribution in [3.05, 3.63) is 0 Å². The first-order valence-corrected chi connectivity index (χ1v) is 6.85. The molecule has 104 valence electrons. The Morgan fingerprint density at radius 3 is 2.56 bits per heavy atom. The SMILES string of the molecule is CCC(CNC(=O)NCCC1CCC1)CC(=O)O. The van der Waals surface area contributed by atoms with Crippen molar-refractivity contribution in [1.29, 1.82) is 0 Å². The molecular weight excluding hydrogens is 232 g/mol. The maximum Gasteiger partial charge on any atom is 0.314 e. The molecular formula is C13H24N2O3. The quantitative estimate of drug-likeness (QED) is 0.621. The molecule has 1 aliphatic rings. The van der Waals surface area contributed by atoms with Crippen LogP contribution in [0.2, 0.25) is 0 Å². The number of rotatable bonds is 8. The minimum Gasteiger partial charge on any atom is -0.481 e. The van der Waals surface area contributed by atoms with Crippen molar-refractivity contribution in [3.63, 3.8) is 0 Å². The Labute approximate surface area is 108 Å². The van der Waals surface area contributed by atoms with Crippen LogP contribution in [0.3, 0.4) is 0 Å². The average molecular weight is 256 g/mol. The lowest BCUT2D eigenvalue weighted by Gasteiger charge is -2.25. The molecule has 1 fully saturated rings. The van der Waals surface area contributed by atoms with Crippen LogP contribution in [0, 0.1) is 11.8 Å². The van der Waals surface area contributed by atoms with Crippen LogP contribution < -0.4 is 10.6 Å². The van der Waals surface area contributed by atoms with E-state index >= 15 is 0 Å². The molecule has 2 amide bonds. The Kier molecular flexibility index (Phi) is 6.54. The number of carbonyl (C=O) groups is 2. The summed E-state index contributed by atoms with van der Waals surface area (Å²) in [5.74, 6) is -0.00498. The molecule has 1 saturated carbocycles. The number of carboxylic acid groups (broad SMARTS) is 1. The van der Waals surface area contributed by atoms with Gasteiger partial charge in [-0.1, -0.05) is 32.6 Å². The maximum atomic E-state index is 11.5. The molecule has 5 nitrogen and oxygen atoms in total. The molecule has 1 aliphatic carbocycles. The van der Waals surface area contributed by atoms with Gasteiger partial charge in [-0.05, 0) is 18.3 Å². The molecule has 0 spiro atoms. The summed E-state index contributed by atoms with van der Waals surface area (Å²) >= 11 is 0. The number of carbonyl (C=O) groups excluding carboxylic acids is 1. The number of aliphatic carboxylic acids is 1. The van der Waals surface area contributed by atoms with Gasteiger partial charge < -0.3 is 15.7 Å². The van der Waals surface area contributed by atoms with E-state index in [1.54, 1.807) is 0 Å². The zero-order valence-electron chi connectivity index (χ0n) is 11.1. The largest absolute Gasteiger partial charge is 0.481 e. The fourth-order valence-electron chi connectivity index (χ4n) is 2.08. The second-order valence-electron chi connectivity index (χ2n) is 5.09. The van der Waals surface area contributed by atoms with Crippen LogP contribution in [0.15, 0.2) is 0 Å². The van der Waals surface area contributed by atoms with Gasteiger partial charge in [0.15, 0.2) is 0 Å². The van der Waals surface area contributed by atoms with Gasteiger partial charge >= 0.3 is 12.0 Å². The smallest absolute Gasteiger partial charge is 0.314 e. The summed E-state index contributed by atoms with van der Waals surface area (Å²) in [5, 5.41) is 14.2. The fraction of sp³-hybridized carbons (Fsp3) is 0.846. The Balaban J connectivity index is 2.05. The van der Waals surface area contributed by atoms with Crippen molar-refractivity contribution >= 4 is 12.0 Å². The lowest BCUT2D eigenvalue weighted by Crippen LogP contribution is -2.39. The van der Waals surface area contributed by atoms with E-state index in [0.29, 0.717) is 13.1 Å². The third-order valence-electron chi connectivity index (χ3n) is 3.65. The average Bonchev–Trinajstić information content (AvgIpc) is 2.27. The van der Waals surface area contributed by atoms with Crippen molar-refractivity contribution in [2.45, 2.75) is 45.4 Å². The number of hydrogen-bond donors (Lipinski definition) is 3. The third-order valence-corrected chi connectivity index (χ3v) is 3.65. The van der Waals surface area contributed by atoms with E-state index in [0.717, 1.165) is 18.8 Å². The molecule has 1 atom stereocenters. The minimum absolute atomic E-state index is 0.0138. The molecule has 0 saturated heterocycles. The normalized spacial score (nSPS) is 16.7. The molecule has 0 aromatic rings. The first-order chi connectivity index (χ1) is 8.61. The predicted octanol–water partition coefficient (Wildman–Crippen LogP) is 1.98. The van der Waals surface area contributed by atoms with E-state index in [1.165, 1.54) is 19.3 Å². The second kappa shape index (κ2) is 7.95. The molecule has 0 aromatic heterocycles. The van der Waals surface area contributed by atoms with Crippen LogP contribution in [-0.2, 0) is 4.79 Å². The monoisotopic (exact) mass is 256 g/mol. The summed E-state index contributed by atoms with van der Waals surface area (Å²) in [6.07, 6.45) is 5.83. The summed E-state index contributed by atoms with van der Waals surface area (Å²) in [5.41, 5.74) is 0. The highest BCUT2D eigenvalue weighted by atomic mass is 16.4. The number of nitrogens with one attached hydrogen (secondary N) is 2. The topological polar surface area (TPSA) is 78.4 Å². The Hall–Kier alpha value is -1.26. The van der Waals surface area contributed by atoms with Gasteiger partial charge in [0, 0.05) is 19.5 Å². The molecule has 0 aromatic carbocycles. The first kappa shape index (κ1) is 14.8. The van der Waals surface area contributed by atoms with Gasteiger partial charge in [0.2, 0.25) is 0 Å². The van der Waals surface area contributed by atoms with E-state index in [9.17, 15) is 9.59 Å². The summed E-state index contributed by atoms with van der Waals surface area (Å²) in [4.78, 5) is 22.0. The zero-order chi connectivity index (χ0) is 13.4. The van der Waals surface area contributed by atoms with Crippen molar-refractivity contribution < 1.29 is 14.7 Å². The molecule has 0 heterocycles. The predicted molar refractivity (Wildman–Crippen MR) is 69.4 cm³/mol. The summed E-state index contributed by atoms with van der Waals surface area (Å²) in [6.45, 7) is 3.08. The van der Waals surface area contributed by atoms with Crippen LogP contribution in [-0.4, -0.2) is 30.2 Å². The van der Waals surface area contributed by atoms with E-state index < -0.39 is 5.97 Å². The molecule has 5 heteroatoms. The molecule has 0 aliphatic heterocycles. The molecule has 18 heavy (non-hydrogen) atoms. The lowest BCUT2D eigenvalue weighted by atomic mass is 9.83. The standard InChI is InChI=1S/C13H24N2O3/c1-2-10(8-12(16)17)9-15-13(18)14-7-6-11-4-3-5-11/h10-11H,2-9H2,1H3,(H,16,17)(H2,14,15,18). The summed E-state index contributed by atoms with van der Waals surface area (Å²) in [6, 6.07) is -0.182. The van der Waals surface area contributed by atoms with E-state index in [2.05, 4.69) is 10.6 Å². The van der Waals surface area contributed by atoms with Crippen LogP contribution >= 0.6 is 0 Å². The van der Waals surface area contributed by atoms with Gasteiger partial charge in [-0.3, -0.25) is 4.79 Å². The highest BCUT2D eigenvalue weighted by Crippen LogP contribution is 2.28. The van der Waals surface area contributed by atoms with Crippen molar-refractivity contribution in [1.82, 2.24) is 10.6 Å². The van der Waals surface area contributed by atoms with E-state index in [-0.39, 0.29) is 18.4 Å². The van der Waals surface area contributed by atoms with Crippen molar-refractivity contribution in [2.24, 2.45) is 11.8 Å². The highest BCUT2D eigenvalue weighted by molar-refractivity contribution is 5.74. The highest BCUT2D eigenvalue weighted by Gasteiger charge is 2.17. The maximum absolute atomic E-state index is 11.5. The number of urea groups is 1. The summed E-state index contributed by atoms with van der Waals surface area (Å²) in [7, 11) is 0. The molecule has 0 radical (unpaired) electrons. The van der Waals surface area contributed by atoms with Crippen molar-refractivity contribution in [2.75, 3.05) is 13.1 Å². The Morgan fingerprint density at radius 2 is 2.06 bits per heavy atom. The van der Waals surface area contributed by atoms with Crippen LogP contribution in [0.5, 0.6) is 0 Å². The van der Waals surface area contributed by atoms with Gasteiger partial charge in [0.1, 0.15) is 0 Å². The number of carboxylic acids is 1. The zero-order valence-corrected chi connectivity index (χ0v) is 11.1. The van der Waals surface area contributed by atoms with Gasteiger partial charge in [-0.2, -0.15) is 0 Å². The number of hydrogen-bond acceptors (Lipinski definition) is 2. The van der Waals surface area contributed by atoms with Gasteiger partial charge in [-0.15, -0.1) is 0 Å². The first-order valence-electron chi connectivity index (χ1n) is 6.85. The molecule has 1 rings (SSSR count). The number of amides is 2. The minimum atomic E-state index is -0.811. The summed E-state index contributed by atoms with van der Waals surface area (Å²) < 4.78 is 0. The third kappa shape index (κ3) is 5.89. The van der Waals surface area contributed by atoms with E-state index in [4.69, 9.17) is 5.11 Å². The van der Waals surface area contributed by atoms with Gasteiger partial charge in [0.25, 0.3) is 0 Å². The van der Waals surface area contributed by atoms with Crippen LogP contribution in [0.4, 0.5) is 4.79 Å². The van der Waals surface area contributed by atoms with Crippen molar-refractivity contribution in [3.8, 4) is 0 Å². The molecule has 0 bridgehead atoms. The van der Waals surface area contributed by atoms with Gasteiger partial charge in [0.05, 0.1) is 0 Å². The Morgan fingerprint density at radius 1 is 1.33 bits per heavy atom. The lowest BCUT2D eigenvalue weighted by molar-refractivity contribution is -0.138. The van der Waals surface area contributed by atoms with Gasteiger partial charge in [-0.25, -0.2) is 4.79 Å². The molecule has 3 N–H and O–H groups in total.